The van der Waals surface area contributed by atoms with Gasteiger partial charge in [0.15, 0.2) is 0 Å². The molecule has 3 aromatic rings. The summed E-state index contributed by atoms with van der Waals surface area (Å²) in [5, 5.41) is 16.6. The molecule has 0 spiro atoms. The highest BCUT2D eigenvalue weighted by Gasteiger charge is 2.24. The summed E-state index contributed by atoms with van der Waals surface area (Å²) in [7, 11) is 0. The zero-order chi connectivity index (χ0) is 19.2. The molecular weight excluding hydrogens is 338 g/mol. The molecule has 0 amide bonds. The van der Waals surface area contributed by atoms with Crippen LogP contribution in [0.3, 0.4) is 0 Å². The molecule has 0 aromatic heterocycles. The van der Waals surface area contributed by atoms with E-state index in [1.54, 1.807) is 0 Å². The fraction of sp³-hybridized carbons (Fsp3) is 0.261. The van der Waals surface area contributed by atoms with E-state index in [1.165, 1.54) is 6.92 Å². The van der Waals surface area contributed by atoms with Crippen LogP contribution in [0.1, 0.15) is 37.1 Å². The SMILES string of the molecule is CC(=O)OC[C@H](N[C@H](C)c1ccccc1)[C@@H](O)c1ccc2ccccc2c1. The molecule has 3 rings (SSSR count). The maximum atomic E-state index is 11.3. The molecule has 140 valence electrons. The number of ether oxygens (including phenoxy) is 1. The summed E-state index contributed by atoms with van der Waals surface area (Å²) >= 11 is 0. The summed E-state index contributed by atoms with van der Waals surface area (Å²) in [5.74, 6) is -0.361. The molecule has 0 radical (unpaired) electrons. The van der Waals surface area contributed by atoms with E-state index < -0.39 is 12.1 Å². The third-order valence-electron chi connectivity index (χ3n) is 4.73. The molecule has 27 heavy (non-hydrogen) atoms. The number of carbonyl (C=O) groups excluding carboxylic acids is 1. The van der Waals surface area contributed by atoms with E-state index in [4.69, 9.17) is 4.74 Å². The molecule has 0 aliphatic carbocycles. The Balaban J connectivity index is 1.82. The van der Waals surface area contributed by atoms with Gasteiger partial charge in [0.05, 0.1) is 12.1 Å². The van der Waals surface area contributed by atoms with Gasteiger partial charge in [-0.05, 0) is 34.9 Å². The Kier molecular flexibility index (Phi) is 6.22. The fourth-order valence-electron chi connectivity index (χ4n) is 3.22. The summed E-state index contributed by atoms with van der Waals surface area (Å²) < 4.78 is 5.21. The number of hydrogen-bond donors (Lipinski definition) is 2. The zero-order valence-electron chi connectivity index (χ0n) is 15.6. The van der Waals surface area contributed by atoms with Crippen molar-refractivity contribution in [2.45, 2.75) is 32.0 Å². The molecule has 0 saturated heterocycles. The standard InChI is InChI=1S/C23H25NO3/c1-16(18-8-4-3-5-9-18)24-22(15-27-17(2)25)23(26)21-13-12-19-10-6-7-11-20(19)14-21/h3-14,16,22-24,26H,15H2,1-2H3/t16-,22+,23+/m1/s1. The number of benzene rings is 3. The van der Waals surface area contributed by atoms with Gasteiger partial charge < -0.3 is 15.2 Å². The minimum absolute atomic E-state index is 0.00173. The molecule has 0 saturated carbocycles. The van der Waals surface area contributed by atoms with Gasteiger partial charge in [0.2, 0.25) is 0 Å². The van der Waals surface area contributed by atoms with Crippen molar-refractivity contribution in [3.05, 3.63) is 83.9 Å². The number of fused-ring (bicyclic) bond motifs is 1. The van der Waals surface area contributed by atoms with E-state index >= 15 is 0 Å². The van der Waals surface area contributed by atoms with E-state index in [9.17, 15) is 9.90 Å². The van der Waals surface area contributed by atoms with E-state index in [2.05, 4.69) is 5.32 Å². The van der Waals surface area contributed by atoms with Crippen LogP contribution >= 0.6 is 0 Å². The number of carbonyl (C=O) groups is 1. The highest BCUT2D eigenvalue weighted by atomic mass is 16.5. The van der Waals surface area contributed by atoms with Crippen molar-refractivity contribution in [3.8, 4) is 0 Å². The molecule has 0 aliphatic rings. The number of aliphatic hydroxyl groups is 1. The van der Waals surface area contributed by atoms with Gasteiger partial charge in [-0.1, -0.05) is 66.7 Å². The summed E-state index contributed by atoms with van der Waals surface area (Å²) in [5.41, 5.74) is 1.90. The highest BCUT2D eigenvalue weighted by molar-refractivity contribution is 5.83. The lowest BCUT2D eigenvalue weighted by molar-refractivity contribution is -0.142. The van der Waals surface area contributed by atoms with Crippen molar-refractivity contribution < 1.29 is 14.6 Å². The van der Waals surface area contributed by atoms with Crippen LogP contribution in [0.15, 0.2) is 72.8 Å². The smallest absolute Gasteiger partial charge is 0.302 e. The minimum atomic E-state index is -0.805. The average Bonchev–Trinajstić information content (AvgIpc) is 2.70. The molecule has 0 bridgehead atoms. The number of aliphatic hydroxyl groups excluding tert-OH is 1. The van der Waals surface area contributed by atoms with Crippen LogP contribution in [0.25, 0.3) is 10.8 Å². The molecule has 4 heteroatoms. The highest BCUT2D eigenvalue weighted by Crippen LogP contribution is 2.24. The van der Waals surface area contributed by atoms with Crippen LogP contribution in [-0.2, 0) is 9.53 Å². The van der Waals surface area contributed by atoms with Gasteiger partial charge in [-0.2, -0.15) is 0 Å². The third-order valence-corrected chi connectivity index (χ3v) is 4.73. The topological polar surface area (TPSA) is 58.6 Å². The lowest BCUT2D eigenvalue weighted by Crippen LogP contribution is -2.40. The van der Waals surface area contributed by atoms with Crippen molar-refractivity contribution in [2.75, 3.05) is 6.61 Å². The van der Waals surface area contributed by atoms with Crippen molar-refractivity contribution in [3.63, 3.8) is 0 Å². The van der Waals surface area contributed by atoms with Crippen LogP contribution < -0.4 is 5.32 Å². The Bertz CT molecular complexity index is 894. The van der Waals surface area contributed by atoms with Crippen molar-refractivity contribution in [2.24, 2.45) is 0 Å². The first-order valence-electron chi connectivity index (χ1n) is 9.15. The molecule has 0 unspecified atom stereocenters. The fourth-order valence-corrected chi connectivity index (χ4v) is 3.22. The van der Waals surface area contributed by atoms with Gasteiger partial charge in [-0.3, -0.25) is 4.79 Å². The molecule has 3 atom stereocenters. The number of nitrogens with one attached hydrogen (secondary N) is 1. The third kappa shape index (κ3) is 4.94. The van der Waals surface area contributed by atoms with Gasteiger partial charge in [0, 0.05) is 13.0 Å². The maximum Gasteiger partial charge on any atom is 0.302 e. The first-order valence-corrected chi connectivity index (χ1v) is 9.15. The van der Waals surface area contributed by atoms with Gasteiger partial charge >= 0.3 is 5.97 Å². The lowest BCUT2D eigenvalue weighted by Gasteiger charge is -2.28. The Morgan fingerprint density at radius 2 is 1.63 bits per heavy atom. The molecule has 3 aromatic carbocycles. The second-order valence-electron chi connectivity index (χ2n) is 6.76. The molecule has 0 fully saturated rings. The quantitative estimate of drug-likeness (QED) is 0.619. The van der Waals surface area contributed by atoms with Crippen LogP contribution in [-0.4, -0.2) is 23.7 Å². The zero-order valence-corrected chi connectivity index (χ0v) is 15.6. The molecule has 0 heterocycles. The average molecular weight is 363 g/mol. The van der Waals surface area contributed by atoms with Gasteiger partial charge in [0.1, 0.15) is 6.61 Å². The number of esters is 1. The second-order valence-corrected chi connectivity index (χ2v) is 6.76. The van der Waals surface area contributed by atoms with Crippen molar-refractivity contribution in [1.82, 2.24) is 5.32 Å². The van der Waals surface area contributed by atoms with E-state index in [0.717, 1.165) is 21.9 Å². The number of hydrogen-bond acceptors (Lipinski definition) is 4. The Morgan fingerprint density at radius 1 is 0.963 bits per heavy atom. The molecular formula is C23H25NO3. The number of rotatable bonds is 7. The van der Waals surface area contributed by atoms with Crippen molar-refractivity contribution >= 4 is 16.7 Å². The predicted octanol–water partition coefficient (Wildman–Crippen LogP) is 4.16. The van der Waals surface area contributed by atoms with Gasteiger partial charge in [-0.15, -0.1) is 0 Å². The maximum absolute atomic E-state index is 11.3. The summed E-state index contributed by atoms with van der Waals surface area (Å²) in [4.78, 5) is 11.3. The van der Waals surface area contributed by atoms with Crippen LogP contribution in [0, 0.1) is 0 Å². The van der Waals surface area contributed by atoms with Crippen LogP contribution in [0.4, 0.5) is 0 Å². The van der Waals surface area contributed by atoms with Gasteiger partial charge in [0.25, 0.3) is 0 Å². The summed E-state index contributed by atoms with van der Waals surface area (Å²) in [6.45, 7) is 3.50. The van der Waals surface area contributed by atoms with Crippen LogP contribution in [0.2, 0.25) is 0 Å². The van der Waals surface area contributed by atoms with E-state index in [-0.39, 0.29) is 18.6 Å². The summed E-state index contributed by atoms with van der Waals surface area (Å²) in [6, 6.07) is 23.5. The second kappa shape index (κ2) is 8.80. The van der Waals surface area contributed by atoms with E-state index in [1.807, 2.05) is 79.7 Å². The first-order chi connectivity index (χ1) is 13.0. The Hall–Kier alpha value is -2.69. The molecule has 4 nitrogen and oxygen atoms in total. The summed E-state index contributed by atoms with van der Waals surface area (Å²) in [6.07, 6.45) is -0.805. The largest absolute Gasteiger partial charge is 0.464 e. The minimum Gasteiger partial charge on any atom is -0.464 e. The van der Waals surface area contributed by atoms with Crippen LogP contribution in [0.5, 0.6) is 0 Å². The lowest BCUT2D eigenvalue weighted by atomic mass is 9.98. The van der Waals surface area contributed by atoms with E-state index in [0.29, 0.717) is 0 Å². The molecule has 2 N–H and O–H groups in total. The Labute approximate surface area is 159 Å². The normalized spacial score (nSPS) is 14.5. The first kappa shape index (κ1) is 19.1. The monoisotopic (exact) mass is 363 g/mol. The predicted molar refractivity (Wildman–Crippen MR) is 107 cm³/mol. The van der Waals surface area contributed by atoms with Crippen molar-refractivity contribution in [1.29, 1.82) is 0 Å². The van der Waals surface area contributed by atoms with Gasteiger partial charge in [-0.25, -0.2) is 0 Å². The Morgan fingerprint density at radius 3 is 2.33 bits per heavy atom. The molecule has 0 aliphatic heterocycles.